The molecule has 0 heterocycles. The topological polar surface area (TPSA) is 75.3 Å². The Kier molecular flexibility index (Phi) is 13.7. The summed E-state index contributed by atoms with van der Waals surface area (Å²) in [5.41, 5.74) is 4.29. The van der Waals surface area contributed by atoms with Crippen LogP contribution in [-0.4, -0.2) is 32.9 Å². The molecule has 42 heavy (non-hydrogen) atoms. The molecule has 0 spiro atoms. The number of hydrogen-bond acceptors (Lipinski definition) is 6. The van der Waals surface area contributed by atoms with Crippen molar-refractivity contribution >= 4 is 11.8 Å². The minimum Gasteiger partial charge on any atom is -0.467 e. The van der Waals surface area contributed by atoms with E-state index in [1.165, 1.54) is 19.3 Å². The van der Waals surface area contributed by atoms with Gasteiger partial charge in [0, 0.05) is 18.9 Å². The Labute approximate surface area is 251 Å². The van der Waals surface area contributed by atoms with Crippen LogP contribution in [0.15, 0.2) is 66.7 Å². The molecule has 0 aliphatic rings. The summed E-state index contributed by atoms with van der Waals surface area (Å²) in [5, 5.41) is 2.80. The minimum absolute atomic E-state index is 0.0758. The predicted molar refractivity (Wildman–Crippen MR) is 168 cm³/mol. The molecular formula is C35H47NO6. The van der Waals surface area contributed by atoms with E-state index in [1.807, 2.05) is 68.4 Å². The van der Waals surface area contributed by atoms with Crippen molar-refractivity contribution in [2.45, 2.75) is 78.7 Å². The van der Waals surface area contributed by atoms with Crippen LogP contribution in [0.4, 0.5) is 10.5 Å². The Morgan fingerprint density at radius 3 is 1.98 bits per heavy atom. The smallest absolute Gasteiger partial charge is 0.411 e. The van der Waals surface area contributed by atoms with E-state index in [-0.39, 0.29) is 25.6 Å². The molecule has 0 atom stereocenters. The molecule has 3 aromatic carbocycles. The van der Waals surface area contributed by atoms with E-state index in [2.05, 4.69) is 38.2 Å². The maximum atomic E-state index is 12.4. The summed E-state index contributed by atoms with van der Waals surface area (Å²) >= 11 is 0. The van der Waals surface area contributed by atoms with E-state index in [9.17, 15) is 4.79 Å². The summed E-state index contributed by atoms with van der Waals surface area (Å²) in [6.07, 6.45) is 5.38. The first kappa shape index (κ1) is 33.0. The van der Waals surface area contributed by atoms with Crippen LogP contribution in [0.5, 0.6) is 11.5 Å². The van der Waals surface area contributed by atoms with E-state index in [1.54, 1.807) is 0 Å². The number of nitrogens with one attached hydrogen (secondary N) is 1. The summed E-state index contributed by atoms with van der Waals surface area (Å²) in [5.74, 6) is 1.36. The van der Waals surface area contributed by atoms with Gasteiger partial charge >= 0.3 is 6.09 Å². The number of anilines is 1. The highest BCUT2D eigenvalue weighted by atomic mass is 16.7. The summed E-state index contributed by atoms with van der Waals surface area (Å²) in [6.45, 7) is 12.2. The Morgan fingerprint density at radius 2 is 1.40 bits per heavy atom. The molecule has 228 valence electrons. The summed E-state index contributed by atoms with van der Waals surface area (Å²) in [4.78, 5) is 12.4. The number of ether oxygens (including phenoxy) is 5. The Bertz CT molecular complexity index is 1180. The second-order valence-corrected chi connectivity index (χ2v) is 10.8. The third-order valence-corrected chi connectivity index (χ3v) is 7.14. The van der Waals surface area contributed by atoms with Gasteiger partial charge < -0.3 is 23.7 Å². The molecule has 0 bridgehead atoms. The average molecular weight is 578 g/mol. The van der Waals surface area contributed by atoms with Crippen molar-refractivity contribution in [3.05, 3.63) is 77.9 Å². The van der Waals surface area contributed by atoms with E-state index >= 15 is 0 Å². The van der Waals surface area contributed by atoms with Gasteiger partial charge in [0.15, 0.2) is 13.6 Å². The van der Waals surface area contributed by atoms with Gasteiger partial charge in [-0.3, -0.25) is 5.32 Å². The SMILES string of the molecule is CCCCCCC(C)(C)c1cc(OCOCC)c(-c2ccc(NC(=O)OCc3ccccc3)cc2)c(OCOCC)c1. The van der Waals surface area contributed by atoms with E-state index in [0.29, 0.717) is 30.4 Å². The second-order valence-electron chi connectivity index (χ2n) is 10.8. The van der Waals surface area contributed by atoms with Crippen molar-refractivity contribution in [2.75, 3.05) is 32.1 Å². The molecule has 0 radical (unpaired) electrons. The number of unbranched alkanes of at least 4 members (excludes halogenated alkanes) is 3. The van der Waals surface area contributed by atoms with Gasteiger partial charge in [-0.2, -0.15) is 0 Å². The number of amides is 1. The molecular weight excluding hydrogens is 530 g/mol. The number of carbonyl (C=O) groups excluding carboxylic acids is 1. The summed E-state index contributed by atoms with van der Waals surface area (Å²) < 4.78 is 28.9. The normalized spacial score (nSPS) is 11.3. The van der Waals surface area contributed by atoms with Crippen LogP contribution in [0.2, 0.25) is 0 Å². The van der Waals surface area contributed by atoms with Gasteiger partial charge in [0.1, 0.15) is 18.1 Å². The lowest BCUT2D eigenvalue weighted by Gasteiger charge is -2.28. The molecule has 0 aromatic heterocycles. The highest BCUT2D eigenvalue weighted by molar-refractivity contribution is 5.86. The first-order valence-corrected chi connectivity index (χ1v) is 15.1. The molecule has 0 aliphatic carbocycles. The monoisotopic (exact) mass is 577 g/mol. The van der Waals surface area contributed by atoms with Crippen LogP contribution in [0.3, 0.4) is 0 Å². The van der Waals surface area contributed by atoms with Gasteiger partial charge in [0.25, 0.3) is 0 Å². The fraction of sp³-hybridized carbons (Fsp3) is 0.457. The van der Waals surface area contributed by atoms with Crippen molar-refractivity contribution in [1.82, 2.24) is 0 Å². The zero-order chi connectivity index (χ0) is 30.2. The van der Waals surface area contributed by atoms with Crippen LogP contribution in [0.1, 0.15) is 77.8 Å². The number of carbonyl (C=O) groups is 1. The Balaban J connectivity index is 1.88. The fourth-order valence-corrected chi connectivity index (χ4v) is 4.61. The third kappa shape index (κ3) is 10.4. The molecule has 0 saturated heterocycles. The van der Waals surface area contributed by atoms with Crippen LogP contribution < -0.4 is 14.8 Å². The molecule has 3 rings (SSSR count). The van der Waals surface area contributed by atoms with Crippen molar-refractivity contribution in [2.24, 2.45) is 0 Å². The molecule has 0 fully saturated rings. The summed E-state index contributed by atoms with van der Waals surface area (Å²) in [6, 6.07) is 21.3. The number of hydrogen-bond donors (Lipinski definition) is 1. The first-order chi connectivity index (χ1) is 20.4. The van der Waals surface area contributed by atoms with Crippen LogP contribution in [0, 0.1) is 0 Å². The lowest BCUT2D eigenvalue weighted by atomic mass is 9.79. The minimum atomic E-state index is -0.515. The zero-order valence-corrected chi connectivity index (χ0v) is 25.9. The second kappa shape index (κ2) is 17.4. The Hall–Kier alpha value is -3.55. The maximum Gasteiger partial charge on any atom is 0.411 e. The van der Waals surface area contributed by atoms with Crippen molar-refractivity contribution in [3.63, 3.8) is 0 Å². The average Bonchev–Trinajstić information content (AvgIpc) is 2.99. The molecule has 7 heteroatoms. The van der Waals surface area contributed by atoms with E-state index < -0.39 is 6.09 Å². The molecule has 1 N–H and O–H groups in total. The lowest BCUT2D eigenvalue weighted by Crippen LogP contribution is -2.18. The van der Waals surface area contributed by atoms with Gasteiger partial charge in [-0.15, -0.1) is 0 Å². The lowest BCUT2D eigenvalue weighted by molar-refractivity contribution is 0.0187. The van der Waals surface area contributed by atoms with E-state index in [4.69, 9.17) is 23.7 Å². The van der Waals surface area contributed by atoms with Gasteiger partial charge in [0.05, 0.1) is 5.56 Å². The van der Waals surface area contributed by atoms with Gasteiger partial charge in [0.2, 0.25) is 0 Å². The standard InChI is InChI=1S/C35H47NO6/c1-6-9-10-14-21-35(4,5)29-22-31(41-25-38-7-2)33(32(23-29)42-26-39-8-3)28-17-19-30(20-18-28)36-34(37)40-24-27-15-12-11-13-16-27/h11-13,15-20,22-23H,6-10,14,21,24-26H2,1-5H3,(H,36,37). The van der Waals surface area contributed by atoms with Crippen molar-refractivity contribution in [3.8, 4) is 22.6 Å². The van der Waals surface area contributed by atoms with Crippen LogP contribution >= 0.6 is 0 Å². The fourth-order valence-electron chi connectivity index (χ4n) is 4.61. The maximum absolute atomic E-state index is 12.4. The molecule has 0 saturated carbocycles. The highest BCUT2D eigenvalue weighted by Crippen LogP contribution is 2.44. The van der Waals surface area contributed by atoms with Gasteiger partial charge in [-0.25, -0.2) is 4.79 Å². The van der Waals surface area contributed by atoms with Crippen molar-refractivity contribution < 1.29 is 28.5 Å². The highest BCUT2D eigenvalue weighted by Gasteiger charge is 2.25. The van der Waals surface area contributed by atoms with Crippen LogP contribution in [0.25, 0.3) is 11.1 Å². The molecule has 0 unspecified atom stereocenters. The molecule has 3 aromatic rings. The van der Waals surface area contributed by atoms with Crippen LogP contribution in [-0.2, 0) is 26.2 Å². The first-order valence-electron chi connectivity index (χ1n) is 15.1. The number of benzene rings is 3. The molecule has 0 aliphatic heterocycles. The predicted octanol–water partition coefficient (Wildman–Crippen LogP) is 9.10. The molecule has 1 amide bonds. The number of rotatable bonds is 18. The zero-order valence-electron chi connectivity index (χ0n) is 25.9. The summed E-state index contributed by atoms with van der Waals surface area (Å²) in [7, 11) is 0. The largest absolute Gasteiger partial charge is 0.467 e. The quantitative estimate of drug-likeness (QED) is 0.120. The third-order valence-electron chi connectivity index (χ3n) is 7.14. The van der Waals surface area contributed by atoms with Gasteiger partial charge in [-0.1, -0.05) is 88.9 Å². The Morgan fingerprint density at radius 1 is 0.786 bits per heavy atom. The molecule has 7 nitrogen and oxygen atoms in total. The van der Waals surface area contributed by atoms with Crippen molar-refractivity contribution in [1.29, 1.82) is 0 Å². The van der Waals surface area contributed by atoms with E-state index in [0.717, 1.165) is 35.1 Å². The van der Waals surface area contributed by atoms with Gasteiger partial charge in [-0.05, 0) is 66.6 Å².